The molecule has 2 amide bonds. The first-order valence-corrected chi connectivity index (χ1v) is 6.35. The lowest BCUT2D eigenvalue weighted by Crippen LogP contribution is -2.41. The van der Waals surface area contributed by atoms with Gasteiger partial charge in [0.25, 0.3) is 0 Å². The van der Waals surface area contributed by atoms with Gasteiger partial charge in [0.1, 0.15) is 5.69 Å². The van der Waals surface area contributed by atoms with E-state index in [1.807, 2.05) is 0 Å². The average molecular weight is 279 g/mol. The fourth-order valence-corrected chi connectivity index (χ4v) is 2.13. The molecule has 1 heterocycles. The Morgan fingerprint density at radius 1 is 1.45 bits per heavy atom. The zero-order valence-corrected chi connectivity index (χ0v) is 11.1. The van der Waals surface area contributed by atoms with Crippen LogP contribution in [0.1, 0.15) is 23.3 Å². The maximum atomic E-state index is 11.9. The van der Waals surface area contributed by atoms with Gasteiger partial charge in [-0.2, -0.15) is 0 Å². The molecule has 0 aromatic carbocycles. The molecule has 1 aromatic heterocycles. The fraction of sp³-hybridized carbons (Fsp3) is 0.462. The minimum Gasteiger partial charge on any atom is -0.477 e. The van der Waals surface area contributed by atoms with E-state index in [2.05, 4.69) is 10.3 Å². The van der Waals surface area contributed by atoms with Gasteiger partial charge in [-0.1, -0.05) is 0 Å². The van der Waals surface area contributed by atoms with Crippen molar-refractivity contribution in [3.8, 4) is 0 Å². The van der Waals surface area contributed by atoms with E-state index in [1.54, 1.807) is 11.9 Å². The van der Waals surface area contributed by atoms with Gasteiger partial charge in [-0.05, 0) is 30.9 Å². The summed E-state index contributed by atoms with van der Waals surface area (Å²) in [5, 5.41) is 20.6. The largest absolute Gasteiger partial charge is 0.477 e. The van der Waals surface area contributed by atoms with Crippen LogP contribution >= 0.6 is 0 Å². The molecular formula is C13H17N3O4. The minimum absolute atomic E-state index is 0.0696. The molecule has 20 heavy (non-hydrogen) atoms. The molecule has 7 nitrogen and oxygen atoms in total. The summed E-state index contributed by atoms with van der Waals surface area (Å²) in [6.07, 6.45) is 2.53. The lowest BCUT2D eigenvalue weighted by atomic mass is 9.82. The number of amides is 2. The van der Waals surface area contributed by atoms with Crippen LogP contribution in [0, 0.1) is 5.92 Å². The monoisotopic (exact) mass is 279 g/mol. The molecule has 0 radical (unpaired) electrons. The number of carboxylic acids is 1. The van der Waals surface area contributed by atoms with Crippen LogP contribution < -0.4 is 5.32 Å². The number of aromatic nitrogens is 1. The van der Waals surface area contributed by atoms with Crippen molar-refractivity contribution in [2.45, 2.75) is 18.9 Å². The molecule has 0 aliphatic heterocycles. The molecule has 0 spiro atoms. The van der Waals surface area contributed by atoms with Crippen molar-refractivity contribution in [3.05, 3.63) is 24.0 Å². The van der Waals surface area contributed by atoms with E-state index in [0.717, 1.165) is 12.8 Å². The smallest absolute Gasteiger partial charge is 0.354 e. The first-order valence-electron chi connectivity index (χ1n) is 6.35. The van der Waals surface area contributed by atoms with Crippen LogP contribution in [0.25, 0.3) is 0 Å². The lowest BCUT2D eigenvalue weighted by Gasteiger charge is -2.34. The number of anilines is 1. The summed E-state index contributed by atoms with van der Waals surface area (Å²) in [5.41, 5.74) is 0.375. The second-order valence-corrected chi connectivity index (χ2v) is 5.04. The quantitative estimate of drug-likeness (QED) is 0.763. The Balaban J connectivity index is 1.85. The van der Waals surface area contributed by atoms with Gasteiger partial charge in [-0.3, -0.25) is 0 Å². The average Bonchev–Trinajstić information content (AvgIpc) is 2.37. The molecule has 108 valence electrons. The van der Waals surface area contributed by atoms with Crippen molar-refractivity contribution in [3.63, 3.8) is 0 Å². The maximum absolute atomic E-state index is 11.9. The van der Waals surface area contributed by atoms with E-state index in [-0.39, 0.29) is 17.8 Å². The summed E-state index contributed by atoms with van der Waals surface area (Å²) < 4.78 is 0. The Hall–Kier alpha value is -2.15. The number of carbonyl (C=O) groups excluding carboxylic acids is 1. The number of aliphatic hydroxyl groups is 1. The SMILES string of the molecule is CN(CC1CC(O)C1)C(=O)Nc1ccc(C(=O)O)nc1. The number of nitrogens with one attached hydrogen (secondary N) is 1. The molecule has 1 aromatic rings. The summed E-state index contributed by atoms with van der Waals surface area (Å²) in [4.78, 5) is 27.8. The van der Waals surface area contributed by atoms with Crippen molar-refractivity contribution in [1.29, 1.82) is 0 Å². The number of carbonyl (C=O) groups is 2. The Morgan fingerprint density at radius 3 is 2.65 bits per heavy atom. The van der Waals surface area contributed by atoms with Crippen LogP contribution in [0.2, 0.25) is 0 Å². The third-order valence-electron chi connectivity index (χ3n) is 3.32. The second kappa shape index (κ2) is 5.87. The van der Waals surface area contributed by atoms with Crippen molar-refractivity contribution < 1.29 is 19.8 Å². The zero-order valence-electron chi connectivity index (χ0n) is 11.1. The molecule has 1 aliphatic rings. The van der Waals surface area contributed by atoms with E-state index in [4.69, 9.17) is 5.11 Å². The van der Waals surface area contributed by atoms with Crippen LogP contribution in [0.5, 0.6) is 0 Å². The highest BCUT2D eigenvalue weighted by atomic mass is 16.4. The molecule has 1 fully saturated rings. The van der Waals surface area contributed by atoms with Gasteiger partial charge in [0, 0.05) is 13.6 Å². The summed E-state index contributed by atoms with van der Waals surface area (Å²) >= 11 is 0. The Morgan fingerprint density at radius 2 is 2.15 bits per heavy atom. The topological polar surface area (TPSA) is 103 Å². The normalized spacial score (nSPS) is 20.9. The molecule has 0 saturated heterocycles. The molecule has 3 N–H and O–H groups in total. The van der Waals surface area contributed by atoms with Gasteiger partial charge in [0.15, 0.2) is 0 Å². The van der Waals surface area contributed by atoms with Crippen LogP contribution in [-0.2, 0) is 0 Å². The number of hydrogen-bond acceptors (Lipinski definition) is 4. The van der Waals surface area contributed by atoms with Crippen LogP contribution in [0.4, 0.5) is 10.5 Å². The third kappa shape index (κ3) is 3.45. The molecule has 7 heteroatoms. The maximum Gasteiger partial charge on any atom is 0.354 e. The predicted octanol–water partition coefficient (Wildman–Crippen LogP) is 1.01. The minimum atomic E-state index is -1.11. The summed E-state index contributed by atoms with van der Waals surface area (Å²) in [6.45, 7) is 0.587. The highest BCUT2D eigenvalue weighted by Gasteiger charge is 2.29. The van der Waals surface area contributed by atoms with Crippen LogP contribution in [-0.4, -0.2) is 51.8 Å². The van der Waals surface area contributed by atoms with Gasteiger partial charge in [0.2, 0.25) is 0 Å². The van der Waals surface area contributed by atoms with Crippen LogP contribution in [0.3, 0.4) is 0 Å². The Kier molecular flexibility index (Phi) is 4.19. The molecule has 0 bridgehead atoms. The molecule has 1 saturated carbocycles. The fourth-order valence-electron chi connectivity index (χ4n) is 2.13. The third-order valence-corrected chi connectivity index (χ3v) is 3.32. The van der Waals surface area contributed by atoms with E-state index in [9.17, 15) is 14.7 Å². The number of carboxylic acid groups (broad SMARTS) is 1. The number of aromatic carboxylic acids is 1. The van der Waals surface area contributed by atoms with Gasteiger partial charge in [0.05, 0.1) is 18.0 Å². The standard InChI is InChI=1S/C13H17N3O4/c1-16(7-8-4-10(17)5-8)13(20)15-9-2-3-11(12(18)19)14-6-9/h2-3,6,8,10,17H,4-5,7H2,1H3,(H,15,20)(H,18,19). The number of rotatable bonds is 4. The van der Waals surface area contributed by atoms with E-state index in [0.29, 0.717) is 18.2 Å². The van der Waals surface area contributed by atoms with Gasteiger partial charge < -0.3 is 20.4 Å². The first-order chi connectivity index (χ1) is 9.45. The molecular weight excluding hydrogens is 262 g/mol. The summed E-state index contributed by atoms with van der Waals surface area (Å²) in [7, 11) is 1.68. The molecule has 0 atom stereocenters. The van der Waals surface area contributed by atoms with Gasteiger partial charge in [-0.15, -0.1) is 0 Å². The van der Waals surface area contributed by atoms with E-state index in [1.165, 1.54) is 18.3 Å². The van der Waals surface area contributed by atoms with Crippen molar-refractivity contribution >= 4 is 17.7 Å². The summed E-state index contributed by atoms with van der Waals surface area (Å²) in [5.74, 6) is -0.767. The highest BCUT2D eigenvalue weighted by molar-refractivity contribution is 5.90. The zero-order chi connectivity index (χ0) is 14.7. The predicted molar refractivity (Wildman–Crippen MR) is 71.6 cm³/mol. The van der Waals surface area contributed by atoms with Crippen molar-refractivity contribution in [2.24, 2.45) is 5.92 Å². The second-order valence-electron chi connectivity index (χ2n) is 5.04. The highest BCUT2D eigenvalue weighted by Crippen LogP contribution is 2.27. The number of urea groups is 1. The molecule has 2 rings (SSSR count). The van der Waals surface area contributed by atoms with Gasteiger partial charge >= 0.3 is 12.0 Å². The lowest BCUT2D eigenvalue weighted by molar-refractivity contribution is 0.0332. The molecule has 0 unspecified atom stereocenters. The van der Waals surface area contributed by atoms with E-state index >= 15 is 0 Å². The van der Waals surface area contributed by atoms with Crippen molar-refractivity contribution in [2.75, 3.05) is 18.9 Å². The van der Waals surface area contributed by atoms with Crippen LogP contribution in [0.15, 0.2) is 18.3 Å². The van der Waals surface area contributed by atoms with Crippen molar-refractivity contribution in [1.82, 2.24) is 9.88 Å². The first kappa shape index (κ1) is 14.3. The summed E-state index contributed by atoms with van der Waals surface area (Å²) in [6, 6.07) is 2.55. The number of pyridine rings is 1. The Bertz CT molecular complexity index is 497. The number of nitrogens with zero attached hydrogens (tertiary/aromatic N) is 2. The number of hydrogen-bond donors (Lipinski definition) is 3. The van der Waals surface area contributed by atoms with E-state index < -0.39 is 5.97 Å². The van der Waals surface area contributed by atoms with Gasteiger partial charge in [-0.25, -0.2) is 14.6 Å². The number of aliphatic hydroxyl groups excluding tert-OH is 1. The Labute approximate surface area is 116 Å². The molecule has 1 aliphatic carbocycles.